The summed E-state index contributed by atoms with van der Waals surface area (Å²) in [6, 6.07) is 0. The zero-order chi connectivity index (χ0) is 7.61. The standard InChI is InChI=1S/C8H17OP/c1-8(2)10(3)6-4-9-5-7-10/h4-7H2,1-3H3. The molecule has 0 spiro atoms. The smallest absolute Gasteiger partial charge is 0.0505 e. The van der Waals surface area contributed by atoms with Crippen molar-refractivity contribution >= 4 is 12.2 Å². The van der Waals surface area contributed by atoms with E-state index in [-0.39, 0.29) is 0 Å². The summed E-state index contributed by atoms with van der Waals surface area (Å²) in [6.07, 6.45) is 2.63. The van der Waals surface area contributed by atoms with E-state index in [9.17, 15) is 0 Å². The molecular formula is C8H17OP. The average Bonchev–Trinajstić information content (AvgIpc) is 1.89. The van der Waals surface area contributed by atoms with Crippen LogP contribution < -0.4 is 0 Å². The summed E-state index contributed by atoms with van der Waals surface area (Å²) in [6.45, 7) is 8.35. The highest BCUT2D eigenvalue weighted by Crippen LogP contribution is 2.45. The predicted molar refractivity (Wildman–Crippen MR) is 49.8 cm³/mol. The highest BCUT2D eigenvalue weighted by molar-refractivity contribution is 7.75. The van der Waals surface area contributed by atoms with Gasteiger partial charge in [0.05, 0.1) is 13.2 Å². The molecule has 1 saturated heterocycles. The van der Waals surface area contributed by atoms with Gasteiger partial charge in [0.15, 0.2) is 0 Å². The Bertz CT molecular complexity index is 158. The molecule has 0 bridgehead atoms. The van der Waals surface area contributed by atoms with Gasteiger partial charge in [-0.3, -0.25) is 0 Å². The van der Waals surface area contributed by atoms with Gasteiger partial charge >= 0.3 is 0 Å². The summed E-state index contributed by atoms with van der Waals surface area (Å²) >= 11 is 0. The van der Waals surface area contributed by atoms with E-state index in [0.29, 0.717) is 0 Å². The van der Waals surface area contributed by atoms with Crippen LogP contribution in [0.3, 0.4) is 0 Å². The molecule has 1 aliphatic heterocycles. The third-order valence-corrected chi connectivity index (χ3v) is 7.04. The lowest BCUT2D eigenvalue weighted by Crippen LogP contribution is -2.17. The number of hydrogen-bond donors (Lipinski definition) is 0. The van der Waals surface area contributed by atoms with Gasteiger partial charge in [-0.1, -0.05) is 5.29 Å². The molecule has 1 nitrogen and oxygen atoms in total. The van der Waals surface area contributed by atoms with Crippen LogP contribution in [-0.4, -0.2) is 37.5 Å². The molecule has 1 heterocycles. The van der Waals surface area contributed by atoms with Gasteiger partial charge in [0.25, 0.3) is 0 Å². The second-order valence-corrected chi connectivity index (χ2v) is 7.98. The third-order valence-electron chi connectivity index (χ3n) is 2.54. The molecule has 0 aliphatic carbocycles. The van der Waals surface area contributed by atoms with Crippen LogP contribution in [-0.2, 0) is 4.74 Å². The summed E-state index contributed by atoms with van der Waals surface area (Å²) in [4.78, 5) is 0. The lowest BCUT2D eigenvalue weighted by Gasteiger charge is -2.28. The molecular weight excluding hydrogens is 143 g/mol. The molecule has 2 heteroatoms. The minimum absolute atomic E-state index is 0.644. The molecule has 0 amide bonds. The van der Waals surface area contributed by atoms with Crippen LogP contribution in [0, 0.1) is 0 Å². The molecule has 1 fully saturated rings. The molecule has 0 aromatic rings. The zero-order valence-corrected chi connectivity index (χ0v) is 8.08. The van der Waals surface area contributed by atoms with Crippen LogP contribution in [0.1, 0.15) is 13.8 Å². The van der Waals surface area contributed by atoms with Gasteiger partial charge in [-0.2, -0.15) is 0 Å². The second kappa shape index (κ2) is 3.11. The monoisotopic (exact) mass is 160 g/mol. The van der Waals surface area contributed by atoms with Crippen LogP contribution in [0.25, 0.3) is 0 Å². The van der Waals surface area contributed by atoms with E-state index in [4.69, 9.17) is 4.74 Å². The fourth-order valence-corrected chi connectivity index (χ4v) is 3.38. The first-order valence-electron chi connectivity index (χ1n) is 3.88. The van der Waals surface area contributed by atoms with Gasteiger partial charge in [-0.25, -0.2) is 0 Å². The van der Waals surface area contributed by atoms with Crippen molar-refractivity contribution in [2.45, 2.75) is 13.8 Å². The molecule has 0 unspecified atom stereocenters. The SMILES string of the molecule is CC(C)=P1(C)CCOCC1. The van der Waals surface area contributed by atoms with Crippen LogP contribution in [0.5, 0.6) is 0 Å². The van der Waals surface area contributed by atoms with E-state index >= 15 is 0 Å². The lowest BCUT2D eigenvalue weighted by molar-refractivity contribution is 0.158. The van der Waals surface area contributed by atoms with Crippen molar-refractivity contribution in [2.24, 2.45) is 0 Å². The molecule has 0 saturated carbocycles. The highest BCUT2D eigenvalue weighted by atomic mass is 31.2. The van der Waals surface area contributed by atoms with Crippen LogP contribution in [0.4, 0.5) is 0 Å². The Hall–Kier alpha value is 0.260. The predicted octanol–water partition coefficient (Wildman–Crippen LogP) is 1.88. The Labute approximate surface area is 63.7 Å². The van der Waals surface area contributed by atoms with Crippen LogP contribution in [0.15, 0.2) is 0 Å². The zero-order valence-electron chi connectivity index (χ0n) is 7.18. The van der Waals surface area contributed by atoms with Gasteiger partial charge in [0, 0.05) is 0 Å². The maximum absolute atomic E-state index is 5.33. The molecule has 10 heavy (non-hydrogen) atoms. The fourth-order valence-electron chi connectivity index (χ4n) is 1.19. The molecule has 60 valence electrons. The van der Waals surface area contributed by atoms with Crippen molar-refractivity contribution in [1.82, 2.24) is 0 Å². The molecule has 0 aromatic heterocycles. The quantitative estimate of drug-likeness (QED) is 0.491. The first-order valence-corrected chi connectivity index (χ1v) is 6.49. The van der Waals surface area contributed by atoms with Crippen molar-refractivity contribution < 1.29 is 4.74 Å². The van der Waals surface area contributed by atoms with Crippen molar-refractivity contribution in [1.29, 1.82) is 0 Å². The molecule has 1 rings (SSSR count). The first kappa shape index (κ1) is 8.36. The minimum Gasteiger partial charge on any atom is -0.381 e. The summed E-state index contributed by atoms with van der Waals surface area (Å²) in [5.41, 5.74) is 0. The Morgan fingerprint density at radius 3 is 2.00 bits per heavy atom. The highest BCUT2D eigenvalue weighted by Gasteiger charge is 2.16. The Kier molecular flexibility index (Phi) is 2.60. The molecule has 0 atom stereocenters. The summed E-state index contributed by atoms with van der Waals surface area (Å²) in [5, 5.41) is 1.66. The maximum atomic E-state index is 5.33. The van der Waals surface area contributed by atoms with E-state index < -0.39 is 6.89 Å². The second-order valence-electron chi connectivity index (χ2n) is 3.40. The summed E-state index contributed by atoms with van der Waals surface area (Å²) in [7, 11) is 0. The van der Waals surface area contributed by atoms with Gasteiger partial charge in [-0.15, -0.1) is 6.89 Å². The molecule has 0 aromatic carbocycles. The maximum Gasteiger partial charge on any atom is 0.0505 e. The van der Waals surface area contributed by atoms with Crippen molar-refractivity contribution in [3.05, 3.63) is 0 Å². The van der Waals surface area contributed by atoms with Gasteiger partial charge < -0.3 is 4.74 Å². The molecule has 1 aliphatic rings. The number of ether oxygens (including phenoxy) is 1. The number of rotatable bonds is 0. The number of hydrogen-bond acceptors (Lipinski definition) is 1. The van der Waals surface area contributed by atoms with Crippen molar-refractivity contribution in [3.8, 4) is 0 Å². The normalized spacial score (nSPS) is 24.3. The van der Waals surface area contributed by atoms with E-state index in [1.165, 1.54) is 12.3 Å². The van der Waals surface area contributed by atoms with Crippen LogP contribution in [0.2, 0.25) is 0 Å². The van der Waals surface area contributed by atoms with Gasteiger partial charge in [0.1, 0.15) is 0 Å². The van der Waals surface area contributed by atoms with Crippen LogP contribution >= 0.6 is 6.89 Å². The van der Waals surface area contributed by atoms with E-state index in [1.54, 1.807) is 5.29 Å². The third kappa shape index (κ3) is 1.65. The Balaban J connectivity index is 2.76. The Morgan fingerprint density at radius 1 is 1.20 bits per heavy atom. The lowest BCUT2D eigenvalue weighted by atomic mass is 10.6. The summed E-state index contributed by atoms with van der Waals surface area (Å²) in [5.74, 6) is 0. The van der Waals surface area contributed by atoms with Gasteiger partial charge in [-0.05, 0) is 32.8 Å². The first-order chi connectivity index (χ1) is 4.65. The van der Waals surface area contributed by atoms with E-state index in [2.05, 4.69) is 20.5 Å². The molecule has 0 N–H and O–H groups in total. The van der Waals surface area contributed by atoms with Crippen molar-refractivity contribution in [2.75, 3.05) is 32.2 Å². The summed E-state index contributed by atoms with van der Waals surface area (Å²) < 4.78 is 5.33. The van der Waals surface area contributed by atoms with Gasteiger partial charge in [0.2, 0.25) is 0 Å². The topological polar surface area (TPSA) is 9.23 Å². The fraction of sp³-hybridized carbons (Fsp3) is 0.875. The average molecular weight is 160 g/mol. The molecule has 0 radical (unpaired) electrons. The van der Waals surface area contributed by atoms with Crippen molar-refractivity contribution in [3.63, 3.8) is 0 Å². The largest absolute Gasteiger partial charge is 0.381 e. The Morgan fingerprint density at radius 2 is 1.70 bits per heavy atom. The minimum atomic E-state index is -0.644. The van der Waals surface area contributed by atoms with E-state index in [0.717, 1.165) is 13.2 Å². The van der Waals surface area contributed by atoms with E-state index in [1.807, 2.05) is 0 Å².